The molecule has 1 aromatic rings. The third-order valence-electron chi connectivity index (χ3n) is 2.93. The minimum Gasteiger partial charge on any atom is -0.325 e. The summed E-state index contributed by atoms with van der Waals surface area (Å²) in [5.41, 5.74) is 1.04. The van der Waals surface area contributed by atoms with Gasteiger partial charge in [-0.25, -0.2) is 4.79 Å². The van der Waals surface area contributed by atoms with Gasteiger partial charge in [-0.15, -0.1) is 0 Å². The summed E-state index contributed by atoms with van der Waals surface area (Å²) in [6, 6.07) is 4.49. The van der Waals surface area contributed by atoms with Crippen LogP contribution in [0.1, 0.15) is 32.3 Å². The zero-order valence-corrected chi connectivity index (χ0v) is 12.2. The number of nitrogens with zero attached hydrogens (tertiary/aromatic N) is 2. The van der Waals surface area contributed by atoms with Crippen molar-refractivity contribution in [1.82, 2.24) is 4.90 Å². The third-order valence-corrected chi connectivity index (χ3v) is 2.93. The number of carbonyl (C=O) groups is 1. The second-order valence-corrected chi connectivity index (χ2v) is 4.68. The molecule has 0 unspecified atom stereocenters. The van der Waals surface area contributed by atoms with Crippen molar-refractivity contribution in [1.29, 1.82) is 0 Å². The Kier molecular flexibility index (Phi) is 5.96. The first-order valence-corrected chi connectivity index (χ1v) is 6.80. The van der Waals surface area contributed by atoms with E-state index in [9.17, 15) is 14.9 Å². The van der Waals surface area contributed by atoms with Crippen LogP contribution >= 0.6 is 0 Å². The number of anilines is 1. The van der Waals surface area contributed by atoms with E-state index < -0.39 is 4.92 Å². The molecule has 1 rings (SSSR count). The largest absolute Gasteiger partial charge is 0.325 e. The molecule has 0 aromatic heterocycles. The number of nitro groups is 1. The maximum absolute atomic E-state index is 12.1. The summed E-state index contributed by atoms with van der Waals surface area (Å²) >= 11 is 0. The average molecular weight is 279 g/mol. The molecule has 0 bridgehead atoms. The first kappa shape index (κ1) is 15.9. The Morgan fingerprint density at radius 2 is 1.90 bits per heavy atom. The van der Waals surface area contributed by atoms with E-state index in [4.69, 9.17) is 0 Å². The fourth-order valence-corrected chi connectivity index (χ4v) is 1.94. The molecule has 6 nitrogen and oxygen atoms in total. The Balaban J connectivity index is 2.84. The van der Waals surface area contributed by atoms with Crippen LogP contribution in [0.2, 0.25) is 0 Å². The van der Waals surface area contributed by atoms with Gasteiger partial charge in [-0.2, -0.15) is 0 Å². The van der Waals surface area contributed by atoms with Crippen LogP contribution in [0.15, 0.2) is 18.2 Å². The van der Waals surface area contributed by atoms with Gasteiger partial charge in [0.2, 0.25) is 0 Å². The van der Waals surface area contributed by atoms with Gasteiger partial charge in [0.15, 0.2) is 0 Å². The number of carbonyl (C=O) groups excluding carboxylic acids is 1. The average Bonchev–Trinajstić information content (AvgIpc) is 2.40. The van der Waals surface area contributed by atoms with Crippen LogP contribution in [0, 0.1) is 17.0 Å². The van der Waals surface area contributed by atoms with Gasteiger partial charge in [-0.1, -0.05) is 19.9 Å². The van der Waals surface area contributed by atoms with Crippen LogP contribution in [0.3, 0.4) is 0 Å². The molecule has 20 heavy (non-hydrogen) atoms. The van der Waals surface area contributed by atoms with Gasteiger partial charge in [0.1, 0.15) is 0 Å². The van der Waals surface area contributed by atoms with E-state index in [1.807, 2.05) is 13.8 Å². The normalized spacial score (nSPS) is 10.2. The predicted molar refractivity (Wildman–Crippen MR) is 79.0 cm³/mol. The highest BCUT2D eigenvalue weighted by molar-refractivity contribution is 5.89. The molecule has 0 aliphatic carbocycles. The first-order chi connectivity index (χ1) is 9.49. The van der Waals surface area contributed by atoms with Gasteiger partial charge < -0.3 is 10.2 Å². The van der Waals surface area contributed by atoms with Crippen LogP contribution in [0.25, 0.3) is 0 Å². The van der Waals surface area contributed by atoms with E-state index in [1.165, 1.54) is 6.07 Å². The molecule has 110 valence electrons. The predicted octanol–water partition coefficient (Wildman–Crippen LogP) is 3.56. The molecular weight excluding hydrogens is 258 g/mol. The van der Waals surface area contributed by atoms with Gasteiger partial charge in [0.25, 0.3) is 5.69 Å². The fraction of sp³-hybridized carbons (Fsp3) is 0.500. The molecule has 0 radical (unpaired) electrons. The minimum absolute atomic E-state index is 0.0142. The molecule has 0 fully saturated rings. The summed E-state index contributed by atoms with van der Waals surface area (Å²) in [4.78, 5) is 24.3. The highest BCUT2D eigenvalue weighted by atomic mass is 16.6. The van der Waals surface area contributed by atoms with Gasteiger partial charge in [0, 0.05) is 30.4 Å². The zero-order chi connectivity index (χ0) is 15.1. The van der Waals surface area contributed by atoms with Crippen molar-refractivity contribution in [3.63, 3.8) is 0 Å². The molecular formula is C14H21N3O3. The summed E-state index contributed by atoms with van der Waals surface area (Å²) in [5, 5.41) is 13.6. The van der Waals surface area contributed by atoms with Crippen molar-refractivity contribution in [3.05, 3.63) is 33.9 Å². The number of nitrogens with one attached hydrogen (secondary N) is 1. The van der Waals surface area contributed by atoms with Crippen molar-refractivity contribution >= 4 is 17.4 Å². The smallest absolute Gasteiger partial charge is 0.321 e. The summed E-state index contributed by atoms with van der Waals surface area (Å²) < 4.78 is 0. The number of nitro benzene ring substituents is 1. The number of benzene rings is 1. The molecule has 0 saturated carbocycles. The number of amides is 2. The highest BCUT2D eigenvalue weighted by Gasteiger charge is 2.15. The van der Waals surface area contributed by atoms with Crippen molar-refractivity contribution < 1.29 is 9.72 Å². The summed E-state index contributed by atoms with van der Waals surface area (Å²) in [7, 11) is 0. The van der Waals surface area contributed by atoms with Gasteiger partial charge in [-0.05, 0) is 25.8 Å². The Labute approximate surface area is 118 Å². The molecule has 2 amide bonds. The molecule has 0 aliphatic rings. The Morgan fingerprint density at radius 3 is 2.40 bits per heavy atom. The fourth-order valence-electron chi connectivity index (χ4n) is 1.94. The quantitative estimate of drug-likeness (QED) is 0.639. The lowest BCUT2D eigenvalue weighted by molar-refractivity contribution is -0.385. The number of aryl methyl sites for hydroxylation is 1. The van der Waals surface area contributed by atoms with Crippen molar-refractivity contribution in [2.24, 2.45) is 0 Å². The molecule has 1 N–H and O–H groups in total. The Hall–Kier alpha value is -2.11. The van der Waals surface area contributed by atoms with Crippen LogP contribution in [-0.4, -0.2) is 28.9 Å². The first-order valence-electron chi connectivity index (χ1n) is 6.80. The zero-order valence-electron chi connectivity index (χ0n) is 12.2. The number of hydrogen-bond donors (Lipinski definition) is 1. The van der Waals surface area contributed by atoms with E-state index in [-0.39, 0.29) is 11.7 Å². The van der Waals surface area contributed by atoms with Crippen molar-refractivity contribution in [2.45, 2.75) is 33.6 Å². The van der Waals surface area contributed by atoms with E-state index in [0.717, 1.165) is 12.8 Å². The molecule has 0 aliphatic heterocycles. The van der Waals surface area contributed by atoms with Crippen LogP contribution in [0.4, 0.5) is 16.2 Å². The van der Waals surface area contributed by atoms with Gasteiger partial charge in [0.05, 0.1) is 4.92 Å². The number of urea groups is 1. The lowest BCUT2D eigenvalue weighted by Crippen LogP contribution is -2.36. The van der Waals surface area contributed by atoms with Crippen molar-refractivity contribution in [3.8, 4) is 0 Å². The number of hydrogen-bond acceptors (Lipinski definition) is 3. The lowest BCUT2D eigenvalue weighted by atomic mass is 10.2. The third kappa shape index (κ3) is 4.22. The van der Waals surface area contributed by atoms with E-state index in [2.05, 4.69) is 5.32 Å². The summed E-state index contributed by atoms with van der Waals surface area (Å²) in [5.74, 6) is 0. The van der Waals surface area contributed by atoms with Crippen molar-refractivity contribution in [2.75, 3.05) is 18.4 Å². The maximum atomic E-state index is 12.1. The topological polar surface area (TPSA) is 75.5 Å². The van der Waals surface area contributed by atoms with Gasteiger partial charge in [-0.3, -0.25) is 10.1 Å². The molecule has 0 spiro atoms. The SMILES string of the molecule is CCCN(CCC)C(=O)Nc1ccc(C)c([N+](=O)[O-])c1. The van der Waals surface area contributed by atoms with Gasteiger partial charge >= 0.3 is 6.03 Å². The second kappa shape index (κ2) is 7.47. The second-order valence-electron chi connectivity index (χ2n) is 4.68. The Bertz CT molecular complexity index is 483. The number of rotatable bonds is 6. The Morgan fingerprint density at radius 1 is 1.30 bits per heavy atom. The molecule has 0 heterocycles. The summed E-state index contributed by atoms with van der Waals surface area (Å²) in [6.07, 6.45) is 1.75. The minimum atomic E-state index is -0.444. The summed E-state index contributed by atoms with van der Waals surface area (Å²) in [6.45, 7) is 7.03. The van der Waals surface area contributed by atoms with Crippen LogP contribution in [0.5, 0.6) is 0 Å². The molecule has 0 atom stereocenters. The lowest BCUT2D eigenvalue weighted by Gasteiger charge is -2.21. The van der Waals surface area contributed by atoms with E-state index in [0.29, 0.717) is 24.3 Å². The van der Waals surface area contributed by atoms with E-state index in [1.54, 1.807) is 24.0 Å². The van der Waals surface area contributed by atoms with Crippen LogP contribution < -0.4 is 5.32 Å². The molecule has 0 saturated heterocycles. The molecule has 1 aromatic carbocycles. The monoisotopic (exact) mass is 279 g/mol. The van der Waals surface area contributed by atoms with Crippen LogP contribution in [-0.2, 0) is 0 Å². The molecule has 6 heteroatoms. The maximum Gasteiger partial charge on any atom is 0.321 e. The highest BCUT2D eigenvalue weighted by Crippen LogP contribution is 2.22. The standard InChI is InChI=1S/C14H21N3O3/c1-4-8-16(9-5-2)14(18)15-12-7-6-11(3)13(10-12)17(19)20/h6-7,10H,4-5,8-9H2,1-3H3,(H,15,18). The van der Waals surface area contributed by atoms with E-state index >= 15 is 0 Å².